The summed E-state index contributed by atoms with van der Waals surface area (Å²) in [5.74, 6) is -5.73. The number of amides is 2. The molecule has 0 saturated heterocycles. The predicted octanol–water partition coefficient (Wildman–Crippen LogP) is 9.23. The molecule has 10 nitrogen and oxygen atoms in total. The molecule has 2 heterocycles. The maximum Gasteiger partial charge on any atom is 0.254 e. The van der Waals surface area contributed by atoms with Gasteiger partial charge >= 0.3 is 0 Å². The Labute approximate surface area is 339 Å². The number of nitrogens with two attached hydrogens (primary N) is 2. The number of thiazole rings is 2. The van der Waals surface area contributed by atoms with Crippen molar-refractivity contribution in [3.05, 3.63) is 140 Å². The van der Waals surface area contributed by atoms with E-state index >= 15 is 0 Å². The Morgan fingerprint density at radius 1 is 0.672 bits per heavy atom. The number of rotatable bonds is 16. The van der Waals surface area contributed by atoms with Gasteiger partial charge in [0.15, 0.2) is 23.1 Å². The zero-order valence-electron chi connectivity index (χ0n) is 31.6. The average Bonchev–Trinajstić information content (AvgIpc) is 3.81. The number of aryl methyl sites for hydroxylation is 1. The highest BCUT2D eigenvalue weighted by Crippen LogP contribution is 2.34. The van der Waals surface area contributed by atoms with Crippen molar-refractivity contribution in [3.63, 3.8) is 0 Å². The lowest BCUT2D eigenvalue weighted by molar-refractivity contribution is 0.0982. The van der Waals surface area contributed by atoms with Crippen molar-refractivity contribution in [1.29, 1.82) is 0 Å². The lowest BCUT2D eigenvalue weighted by Crippen LogP contribution is -2.16. The van der Waals surface area contributed by atoms with Gasteiger partial charge in [0.1, 0.15) is 57.5 Å². The zero-order chi connectivity index (χ0) is 41.9. The number of benzene rings is 4. The lowest BCUT2D eigenvalue weighted by Gasteiger charge is -2.08. The minimum absolute atomic E-state index is 0.0156. The molecule has 0 spiro atoms. The van der Waals surface area contributed by atoms with Crippen molar-refractivity contribution in [2.75, 3.05) is 14.2 Å². The standard InChI is InChI=1S/C21H20F2N2O3S.C21H18F2N2O3S/c2*1-3-4-16-20(12-5-7-13(27-2)8-6-12)25-17(29-16)11-28-15-10-9-14(22)18(19(15)23)21(24)26/h5-10H,3-4,11H2,1-2H3,(H2,24,26);3,5-10H,1,4,11H2,2H3,(H2,24,26). The molecule has 4 N–H and O–H groups in total. The smallest absolute Gasteiger partial charge is 0.254 e. The van der Waals surface area contributed by atoms with Crippen molar-refractivity contribution >= 4 is 34.5 Å². The molecule has 302 valence electrons. The lowest BCUT2D eigenvalue weighted by atomic mass is 10.1. The van der Waals surface area contributed by atoms with Crippen molar-refractivity contribution in [2.24, 2.45) is 11.5 Å². The summed E-state index contributed by atoms with van der Waals surface area (Å²) < 4.78 is 77.1. The molecule has 0 radical (unpaired) electrons. The highest BCUT2D eigenvalue weighted by Gasteiger charge is 2.22. The number of hydrogen-bond acceptors (Lipinski definition) is 10. The summed E-state index contributed by atoms with van der Waals surface area (Å²) in [5.41, 5.74) is 11.9. The van der Waals surface area contributed by atoms with Gasteiger partial charge in [-0.1, -0.05) is 19.4 Å². The number of allylic oxidation sites excluding steroid dienone is 1. The van der Waals surface area contributed by atoms with E-state index in [9.17, 15) is 27.2 Å². The van der Waals surface area contributed by atoms with Crippen molar-refractivity contribution in [2.45, 2.75) is 39.4 Å². The Hall–Kier alpha value is -6.26. The molecule has 0 unspecified atom stereocenters. The number of hydrogen-bond donors (Lipinski definition) is 2. The number of methoxy groups -OCH3 is 2. The van der Waals surface area contributed by atoms with Crippen molar-refractivity contribution < 1.29 is 46.1 Å². The number of aromatic nitrogens is 2. The van der Waals surface area contributed by atoms with Crippen LogP contribution in [0.1, 0.15) is 53.8 Å². The number of carbonyl (C=O) groups excluding carboxylic acids is 2. The fraction of sp³-hybridized carbons (Fsp3) is 0.190. The maximum atomic E-state index is 14.3. The van der Waals surface area contributed by atoms with Crippen LogP contribution in [0, 0.1) is 23.3 Å². The number of carbonyl (C=O) groups is 2. The summed E-state index contributed by atoms with van der Waals surface area (Å²) in [6, 6.07) is 19.2. The Morgan fingerprint density at radius 3 is 1.47 bits per heavy atom. The minimum Gasteiger partial charge on any atom is -0.497 e. The van der Waals surface area contributed by atoms with Gasteiger partial charge in [-0.15, -0.1) is 29.3 Å². The van der Waals surface area contributed by atoms with Crippen LogP contribution >= 0.6 is 22.7 Å². The van der Waals surface area contributed by atoms with Crippen molar-refractivity contribution in [3.8, 4) is 45.5 Å². The molecule has 0 saturated carbocycles. The van der Waals surface area contributed by atoms with E-state index in [0.717, 1.165) is 80.9 Å². The van der Waals surface area contributed by atoms with Crippen LogP contribution < -0.4 is 30.4 Å². The molecule has 2 aromatic heterocycles. The zero-order valence-corrected chi connectivity index (χ0v) is 33.2. The molecule has 0 aliphatic carbocycles. The number of nitrogens with zero attached hydrogens (tertiary/aromatic N) is 2. The first-order valence-corrected chi connectivity index (χ1v) is 19.2. The molecule has 0 aliphatic rings. The van der Waals surface area contributed by atoms with E-state index in [0.29, 0.717) is 16.4 Å². The first-order valence-electron chi connectivity index (χ1n) is 17.6. The average molecular weight is 835 g/mol. The van der Waals surface area contributed by atoms with Crippen LogP contribution in [-0.4, -0.2) is 36.0 Å². The molecule has 6 rings (SSSR count). The van der Waals surface area contributed by atoms with Gasteiger partial charge in [0.05, 0.1) is 25.6 Å². The molecule has 58 heavy (non-hydrogen) atoms. The molecule has 16 heteroatoms. The number of ether oxygens (including phenoxy) is 4. The summed E-state index contributed by atoms with van der Waals surface area (Å²) in [7, 11) is 3.20. The van der Waals surface area contributed by atoms with Crippen LogP contribution in [0.25, 0.3) is 22.5 Å². The Bertz CT molecular complexity index is 2400. The Morgan fingerprint density at radius 2 is 1.09 bits per heavy atom. The van der Waals surface area contributed by atoms with Gasteiger partial charge in [0.2, 0.25) is 0 Å². The second-order valence-electron chi connectivity index (χ2n) is 12.2. The van der Waals surface area contributed by atoms with Crippen LogP contribution in [-0.2, 0) is 26.1 Å². The van der Waals surface area contributed by atoms with E-state index in [1.807, 2.05) is 48.5 Å². The molecular formula is C42H38F4N4O6S2. The third-order valence-electron chi connectivity index (χ3n) is 8.32. The summed E-state index contributed by atoms with van der Waals surface area (Å²) in [6.45, 7) is 5.78. The van der Waals surface area contributed by atoms with E-state index in [-0.39, 0.29) is 24.7 Å². The van der Waals surface area contributed by atoms with E-state index in [1.54, 1.807) is 20.3 Å². The first kappa shape index (κ1) is 42.9. The van der Waals surface area contributed by atoms with Gasteiger partial charge in [0, 0.05) is 27.3 Å². The summed E-state index contributed by atoms with van der Waals surface area (Å²) >= 11 is 2.87. The van der Waals surface area contributed by atoms with Gasteiger partial charge in [-0.25, -0.2) is 27.5 Å². The van der Waals surface area contributed by atoms with Crippen LogP contribution in [0.3, 0.4) is 0 Å². The predicted molar refractivity (Wildman–Crippen MR) is 215 cm³/mol. The normalized spacial score (nSPS) is 10.7. The fourth-order valence-corrected chi connectivity index (χ4v) is 7.67. The van der Waals surface area contributed by atoms with Gasteiger partial charge in [-0.05, 0) is 79.2 Å². The third-order valence-corrected chi connectivity index (χ3v) is 10.5. The largest absolute Gasteiger partial charge is 0.497 e. The van der Waals surface area contributed by atoms with Crippen LogP contribution in [0.4, 0.5) is 17.6 Å². The summed E-state index contributed by atoms with van der Waals surface area (Å²) in [6.07, 6.45) is 4.16. The van der Waals surface area contributed by atoms with Crippen molar-refractivity contribution in [1.82, 2.24) is 9.97 Å². The maximum absolute atomic E-state index is 14.3. The molecule has 4 aromatic carbocycles. The highest BCUT2D eigenvalue weighted by atomic mass is 32.1. The third kappa shape index (κ3) is 10.2. The first-order chi connectivity index (χ1) is 27.9. The van der Waals surface area contributed by atoms with E-state index in [2.05, 4.69) is 23.5 Å². The van der Waals surface area contributed by atoms with E-state index in [1.165, 1.54) is 22.7 Å². The Kier molecular flexibility index (Phi) is 14.6. The van der Waals surface area contributed by atoms with E-state index in [4.69, 9.17) is 30.4 Å². The highest BCUT2D eigenvalue weighted by molar-refractivity contribution is 7.12. The molecule has 0 aliphatic heterocycles. The quantitative estimate of drug-likeness (QED) is 0.0725. The molecule has 0 bridgehead atoms. The van der Waals surface area contributed by atoms with Gasteiger partial charge in [0.25, 0.3) is 11.8 Å². The minimum atomic E-state index is -1.20. The fourth-order valence-electron chi connectivity index (χ4n) is 5.56. The number of primary amides is 2. The topological polar surface area (TPSA) is 149 Å². The second kappa shape index (κ2) is 19.7. The molecule has 6 aromatic rings. The Balaban J connectivity index is 0.000000221. The SMILES string of the molecule is C=CCc1sc(COc2ccc(F)c(C(N)=O)c2F)nc1-c1ccc(OC)cc1.CCCc1sc(COc2ccc(F)c(C(N)=O)c2F)nc1-c1ccc(OC)cc1. The summed E-state index contributed by atoms with van der Waals surface area (Å²) in [5, 5.41) is 1.24. The van der Waals surface area contributed by atoms with E-state index < -0.39 is 46.2 Å². The molecule has 0 fully saturated rings. The van der Waals surface area contributed by atoms with Crippen LogP contribution in [0.5, 0.6) is 23.0 Å². The van der Waals surface area contributed by atoms with Gasteiger partial charge in [-0.3, -0.25) is 9.59 Å². The number of halogens is 4. The molecule has 0 atom stereocenters. The second-order valence-corrected chi connectivity index (χ2v) is 14.6. The van der Waals surface area contributed by atoms with Crippen LogP contribution in [0.15, 0.2) is 85.5 Å². The van der Waals surface area contributed by atoms with Crippen LogP contribution in [0.2, 0.25) is 0 Å². The molecule has 2 amide bonds. The van der Waals surface area contributed by atoms with Gasteiger partial charge in [-0.2, -0.15) is 0 Å². The monoisotopic (exact) mass is 834 g/mol. The molecular weight excluding hydrogens is 797 g/mol. The van der Waals surface area contributed by atoms with Gasteiger partial charge < -0.3 is 30.4 Å². The summed E-state index contributed by atoms with van der Waals surface area (Å²) in [4.78, 5) is 33.8.